The van der Waals surface area contributed by atoms with Crippen molar-refractivity contribution in [2.24, 2.45) is 17.8 Å². The van der Waals surface area contributed by atoms with Gasteiger partial charge in [-0.25, -0.2) is 0 Å². The molecule has 3 aliphatic rings. The Balaban J connectivity index is 1.64. The quantitative estimate of drug-likeness (QED) is 0.369. The molecule has 1 spiro atoms. The summed E-state index contributed by atoms with van der Waals surface area (Å²) < 4.78 is 4.72. The number of halogens is 1. The van der Waals surface area contributed by atoms with Gasteiger partial charge in [0, 0.05) is 29.1 Å². The number of rotatable bonds is 10. The highest BCUT2D eigenvalue weighted by molar-refractivity contribution is 8.02. The summed E-state index contributed by atoms with van der Waals surface area (Å²) in [6, 6.07) is 6.26. The van der Waals surface area contributed by atoms with Crippen LogP contribution in [0.3, 0.4) is 0 Å². The van der Waals surface area contributed by atoms with Gasteiger partial charge >= 0.3 is 5.97 Å². The average Bonchev–Trinajstić information content (AvgIpc) is 3.39. The molecule has 3 aliphatic heterocycles. The first-order valence-electron chi connectivity index (χ1n) is 12.2. The summed E-state index contributed by atoms with van der Waals surface area (Å²) in [5.41, 5.74) is 0.622. The van der Waals surface area contributed by atoms with E-state index in [9.17, 15) is 14.4 Å². The minimum atomic E-state index is -0.664. The number of thioether (sulfide) groups is 1. The number of nitrogens with one attached hydrogen (secondary N) is 1. The van der Waals surface area contributed by atoms with Crippen LogP contribution in [0.2, 0.25) is 5.02 Å². The predicted octanol–water partition coefficient (Wildman–Crippen LogP) is 3.73. The summed E-state index contributed by atoms with van der Waals surface area (Å²) in [6.07, 6.45) is 3.98. The zero-order chi connectivity index (χ0) is 24.5. The third kappa shape index (κ3) is 4.33. The summed E-state index contributed by atoms with van der Waals surface area (Å²) in [5.74, 6) is -1.62. The Kier molecular flexibility index (Phi) is 7.79. The van der Waals surface area contributed by atoms with Crippen LogP contribution in [0.1, 0.15) is 46.0 Å². The highest BCUT2D eigenvalue weighted by Crippen LogP contribution is 2.68. The van der Waals surface area contributed by atoms with Crippen molar-refractivity contribution < 1.29 is 24.2 Å². The fourth-order valence-corrected chi connectivity index (χ4v) is 8.59. The van der Waals surface area contributed by atoms with Crippen LogP contribution in [0.15, 0.2) is 24.3 Å². The van der Waals surface area contributed by atoms with E-state index in [1.165, 1.54) is 0 Å². The second-order valence-electron chi connectivity index (χ2n) is 9.47. The number of carbonyl (C=O) groups is 3. The van der Waals surface area contributed by atoms with E-state index < -0.39 is 22.6 Å². The Hall–Kier alpha value is -1.77. The SMILES string of the molecule is CCOC(=O)[C@@H]1[C@H]2C(=O)N(CCCCCCO)C(C(=O)Nc3ccc(Cl)cc3)C23S[C@@H]1CC3C. The molecular formula is C25H33ClN2O5S. The number of hydrogen-bond acceptors (Lipinski definition) is 6. The molecule has 1 aromatic rings. The van der Waals surface area contributed by atoms with Gasteiger partial charge in [-0.05, 0) is 56.4 Å². The molecule has 1 aromatic carbocycles. The number of likely N-dealkylation sites (tertiary alicyclic amines) is 1. The van der Waals surface area contributed by atoms with Crippen LogP contribution in [0.25, 0.3) is 0 Å². The van der Waals surface area contributed by atoms with E-state index in [-0.39, 0.29) is 42.2 Å². The van der Waals surface area contributed by atoms with Gasteiger partial charge in [0.05, 0.1) is 23.2 Å². The lowest BCUT2D eigenvalue weighted by Gasteiger charge is -2.38. The molecule has 34 heavy (non-hydrogen) atoms. The van der Waals surface area contributed by atoms with Gasteiger partial charge in [-0.1, -0.05) is 31.4 Å². The highest BCUT2D eigenvalue weighted by atomic mass is 35.5. The number of hydrogen-bond donors (Lipinski definition) is 2. The topological polar surface area (TPSA) is 95.9 Å². The number of aliphatic hydroxyl groups is 1. The monoisotopic (exact) mass is 508 g/mol. The largest absolute Gasteiger partial charge is 0.466 e. The smallest absolute Gasteiger partial charge is 0.310 e. The Morgan fingerprint density at radius 1 is 1.24 bits per heavy atom. The third-order valence-electron chi connectivity index (χ3n) is 7.47. The number of amides is 2. The minimum Gasteiger partial charge on any atom is -0.466 e. The third-order valence-corrected chi connectivity index (χ3v) is 9.80. The molecule has 0 aliphatic carbocycles. The van der Waals surface area contributed by atoms with Gasteiger partial charge < -0.3 is 20.1 Å². The Labute approximate surface area is 209 Å². The molecule has 2 N–H and O–H groups in total. The van der Waals surface area contributed by atoms with Crippen molar-refractivity contribution in [1.29, 1.82) is 0 Å². The summed E-state index contributed by atoms with van der Waals surface area (Å²) in [5, 5.41) is 12.6. The number of fused-ring (bicyclic) bond motifs is 1. The molecule has 3 unspecified atom stereocenters. The normalized spacial score (nSPS) is 31.6. The fourth-order valence-electron chi connectivity index (χ4n) is 6.06. The van der Waals surface area contributed by atoms with Crippen molar-refractivity contribution >= 4 is 46.8 Å². The Bertz CT molecular complexity index is 928. The summed E-state index contributed by atoms with van der Waals surface area (Å²) >= 11 is 7.64. The number of benzene rings is 1. The molecule has 3 heterocycles. The van der Waals surface area contributed by atoms with Crippen LogP contribution < -0.4 is 5.32 Å². The van der Waals surface area contributed by atoms with E-state index in [2.05, 4.69) is 12.2 Å². The van der Waals surface area contributed by atoms with E-state index in [0.29, 0.717) is 17.3 Å². The minimum absolute atomic E-state index is 0.0134. The molecule has 7 nitrogen and oxygen atoms in total. The Morgan fingerprint density at radius 3 is 2.62 bits per heavy atom. The molecule has 0 radical (unpaired) electrons. The van der Waals surface area contributed by atoms with Crippen LogP contribution >= 0.6 is 23.4 Å². The van der Waals surface area contributed by atoms with Crippen molar-refractivity contribution in [3.05, 3.63) is 29.3 Å². The van der Waals surface area contributed by atoms with Crippen LogP contribution in [-0.2, 0) is 19.1 Å². The molecule has 3 fully saturated rings. The van der Waals surface area contributed by atoms with Crippen molar-refractivity contribution in [3.8, 4) is 0 Å². The second kappa shape index (κ2) is 10.5. The summed E-state index contributed by atoms with van der Waals surface area (Å²) in [6.45, 7) is 4.74. The number of ether oxygens (including phenoxy) is 1. The first kappa shape index (κ1) is 25.3. The second-order valence-corrected chi connectivity index (χ2v) is 11.5. The van der Waals surface area contributed by atoms with Gasteiger partial charge in [0.25, 0.3) is 0 Å². The van der Waals surface area contributed by atoms with Crippen molar-refractivity contribution in [2.45, 2.75) is 62.0 Å². The lowest BCUT2D eigenvalue weighted by Crippen LogP contribution is -2.54. The number of anilines is 1. The van der Waals surface area contributed by atoms with Gasteiger partial charge in [-0.2, -0.15) is 0 Å². The lowest BCUT2D eigenvalue weighted by molar-refractivity contribution is -0.154. The lowest BCUT2D eigenvalue weighted by atomic mass is 9.66. The highest BCUT2D eigenvalue weighted by Gasteiger charge is 2.76. The molecule has 186 valence electrons. The van der Waals surface area contributed by atoms with Crippen LogP contribution in [0, 0.1) is 17.8 Å². The molecule has 9 heteroatoms. The Morgan fingerprint density at radius 2 is 1.94 bits per heavy atom. The van der Waals surface area contributed by atoms with Gasteiger partial charge in [0.15, 0.2) is 0 Å². The zero-order valence-corrected chi connectivity index (χ0v) is 21.2. The van der Waals surface area contributed by atoms with E-state index >= 15 is 0 Å². The van der Waals surface area contributed by atoms with Gasteiger partial charge in [-0.15, -0.1) is 11.8 Å². The van der Waals surface area contributed by atoms with Crippen LogP contribution in [-0.4, -0.2) is 63.6 Å². The van der Waals surface area contributed by atoms with Crippen molar-refractivity contribution in [2.75, 3.05) is 25.1 Å². The zero-order valence-electron chi connectivity index (χ0n) is 19.7. The number of aliphatic hydroxyl groups excluding tert-OH is 1. The molecule has 2 amide bonds. The molecule has 2 bridgehead atoms. The number of esters is 1. The van der Waals surface area contributed by atoms with Gasteiger partial charge in [0.1, 0.15) is 6.04 Å². The maximum Gasteiger partial charge on any atom is 0.310 e. The summed E-state index contributed by atoms with van der Waals surface area (Å²) in [7, 11) is 0. The molecule has 4 rings (SSSR count). The maximum absolute atomic E-state index is 13.8. The number of nitrogens with zero attached hydrogens (tertiary/aromatic N) is 1. The van der Waals surface area contributed by atoms with E-state index in [0.717, 1.165) is 32.1 Å². The van der Waals surface area contributed by atoms with Crippen molar-refractivity contribution in [3.63, 3.8) is 0 Å². The van der Waals surface area contributed by atoms with Crippen molar-refractivity contribution in [1.82, 2.24) is 4.90 Å². The van der Waals surface area contributed by atoms with E-state index in [1.807, 2.05) is 0 Å². The summed E-state index contributed by atoms with van der Waals surface area (Å²) in [4.78, 5) is 42.2. The molecule has 0 saturated carbocycles. The first-order valence-corrected chi connectivity index (χ1v) is 13.4. The van der Waals surface area contributed by atoms with E-state index in [1.54, 1.807) is 47.9 Å². The average molecular weight is 509 g/mol. The number of unbranched alkanes of at least 4 members (excludes halogenated alkanes) is 3. The molecule has 0 aromatic heterocycles. The first-order chi connectivity index (χ1) is 16.3. The maximum atomic E-state index is 13.8. The van der Waals surface area contributed by atoms with E-state index in [4.69, 9.17) is 21.4 Å². The van der Waals surface area contributed by atoms with Crippen LogP contribution in [0.5, 0.6) is 0 Å². The molecule has 3 saturated heterocycles. The number of carbonyl (C=O) groups excluding carboxylic acids is 3. The van der Waals surface area contributed by atoms with Crippen LogP contribution in [0.4, 0.5) is 5.69 Å². The predicted molar refractivity (Wildman–Crippen MR) is 133 cm³/mol. The standard InChI is InChI=1S/C25H33ClN2O5S/c1-3-33-24(32)19-18-14-15(2)25(34-18)20(19)23(31)28(12-6-4-5-7-13-29)21(25)22(30)27-17-10-8-16(26)9-11-17/h8-11,15,18-21,29H,3-7,12-14H2,1-2H3,(H,27,30)/t15?,18-,19+,20+,21?,25?/m1/s1. The van der Waals surface area contributed by atoms with Gasteiger partial charge in [-0.3, -0.25) is 14.4 Å². The molecular weight excluding hydrogens is 476 g/mol. The van der Waals surface area contributed by atoms with Gasteiger partial charge in [0.2, 0.25) is 11.8 Å². The molecule has 6 atom stereocenters. The fraction of sp³-hybridized carbons (Fsp3) is 0.640.